The number of hydrogen-bond donors (Lipinski definition) is 3. The van der Waals surface area contributed by atoms with Gasteiger partial charge in [-0.1, -0.05) is 60.1 Å². The minimum Gasteiger partial charge on any atom is -0.451 e. The maximum Gasteiger partial charge on any atom is 0.291 e. The first-order chi connectivity index (χ1) is 17.0. The van der Waals surface area contributed by atoms with Crippen molar-refractivity contribution in [3.8, 4) is 0 Å². The van der Waals surface area contributed by atoms with Crippen LogP contribution in [0.1, 0.15) is 20.9 Å². The van der Waals surface area contributed by atoms with Crippen molar-refractivity contribution in [1.82, 2.24) is 5.32 Å². The number of carbonyl (C=O) groups excluding carboxylic acids is 2. The van der Waals surface area contributed by atoms with Crippen LogP contribution in [-0.4, -0.2) is 16.9 Å². The van der Waals surface area contributed by atoms with Gasteiger partial charge in [0.15, 0.2) is 10.9 Å². The van der Waals surface area contributed by atoms with Crippen molar-refractivity contribution in [3.05, 3.63) is 107 Å². The molecule has 0 atom stereocenters. The Labute approximate surface area is 210 Å². The van der Waals surface area contributed by atoms with Crippen molar-refractivity contribution in [3.63, 3.8) is 0 Å². The van der Waals surface area contributed by atoms with Gasteiger partial charge < -0.3 is 15.1 Å². The summed E-state index contributed by atoms with van der Waals surface area (Å²) >= 11 is 11.6. The van der Waals surface area contributed by atoms with Gasteiger partial charge in [0.2, 0.25) is 0 Å². The van der Waals surface area contributed by atoms with Crippen LogP contribution in [0.4, 0.5) is 11.4 Å². The summed E-state index contributed by atoms with van der Waals surface area (Å²) in [6.45, 7) is 0. The van der Waals surface area contributed by atoms with E-state index in [1.54, 1.807) is 60.7 Å². The summed E-state index contributed by atoms with van der Waals surface area (Å²) in [6, 6.07) is 26.8. The lowest BCUT2D eigenvalue weighted by Gasteiger charge is -2.12. The van der Waals surface area contributed by atoms with E-state index >= 15 is 0 Å². The Hall–Kier alpha value is -4.20. The summed E-state index contributed by atoms with van der Waals surface area (Å²) in [4.78, 5) is 25.5. The van der Waals surface area contributed by atoms with E-state index in [4.69, 9.17) is 28.2 Å². The first kappa shape index (κ1) is 22.6. The summed E-state index contributed by atoms with van der Waals surface area (Å²) in [5.41, 5.74) is 2.24. The fourth-order valence-corrected chi connectivity index (χ4v) is 4.21. The Morgan fingerprint density at radius 2 is 1.46 bits per heavy atom. The molecule has 1 aromatic heterocycles. The lowest BCUT2D eigenvalue weighted by Crippen LogP contribution is -2.34. The van der Waals surface area contributed by atoms with Crippen LogP contribution in [0.25, 0.3) is 21.7 Å². The molecule has 0 unspecified atom stereocenters. The fourth-order valence-electron chi connectivity index (χ4n) is 3.76. The summed E-state index contributed by atoms with van der Waals surface area (Å²) in [5.74, 6) is -0.518. The number of benzene rings is 4. The number of halogens is 1. The van der Waals surface area contributed by atoms with E-state index in [2.05, 4.69) is 16.0 Å². The second-order valence-corrected chi connectivity index (χ2v) is 8.55. The number of rotatable bonds is 4. The van der Waals surface area contributed by atoms with Crippen LogP contribution in [0.5, 0.6) is 0 Å². The first-order valence-electron chi connectivity index (χ1n) is 10.7. The van der Waals surface area contributed by atoms with E-state index in [-0.39, 0.29) is 22.7 Å². The number of thiocarbonyl (C=S) groups is 1. The molecule has 6 nitrogen and oxygen atoms in total. The highest BCUT2D eigenvalue weighted by atomic mass is 35.5. The third kappa shape index (κ3) is 4.87. The van der Waals surface area contributed by atoms with Crippen molar-refractivity contribution < 1.29 is 14.0 Å². The molecule has 1 heterocycles. The monoisotopic (exact) mass is 499 g/mol. The number of furan rings is 1. The first-order valence-corrected chi connectivity index (χ1v) is 11.5. The zero-order valence-corrected chi connectivity index (χ0v) is 19.7. The molecule has 0 spiro atoms. The molecule has 0 aliphatic rings. The van der Waals surface area contributed by atoms with Gasteiger partial charge in [-0.3, -0.25) is 14.9 Å². The SMILES string of the molecule is O=C(Nc1cccc(NC(=S)NC(=O)c2cccc3c(Cl)cccc23)c1)c1cc2ccccc2o1. The molecule has 3 N–H and O–H groups in total. The maximum absolute atomic E-state index is 12.9. The third-order valence-corrected chi connectivity index (χ3v) is 5.90. The zero-order chi connectivity index (χ0) is 24.4. The van der Waals surface area contributed by atoms with Crippen LogP contribution in [0.2, 0.25) is 5.02 Å². The molecule has 8 heteroatoms. The molecule has 5 rings (SSSR count). The van der Waals surface area contributed by atoms with Crippen molar-refractivity contribution in [1.29, 1.82) is 0 Å². The smallest absolute Gasteiger partial charge is 0.291 e. The van der Waals surface area contributed by atoms with Crippen LogP contribution in [-0.2, 0) is 0 Å². The molecule has 0 bridgehead atoms. The highest BCUT2D eigenvalue weighted by Gasteiger charge is 2.14. The Balaban J connectivity index is 1.26. The van der Waals surface area contributed by atoms with Crippen LogP contribution in [0.3, 0.4) is 0 Å². The molecule has 2 amide bonds. The van der Waals surface area contributed by atoms with Gasteiger partial charge in [-0.15, -0.1) is 0 Å². The Morgan fingerprint density at radius 1 is 0.743 bits per heavy atom. The summed E-state index contributed by atoms with van der Waals surface area (Å²) in [6.07, 6.45) is 0. The number of hydrogen-bond acceptors (Lipinski definition) is 4. The molecule has 172 valence electrons. The Bertz CT molecular complexity index is 1580. The van der Waals surface area contributed by atoms with Gasteiger partial charge in [-0.25, -0.2) is 0 Å². The Morgan fingerprint density at radius 3 is 2.29 bits per heavy atom. The van der Waals surface area contributed by atoms with Gasteiger partial charge in [-0.05, 0) is 60.1 Å². The molecule has 5 aromatic rings. The molecule has 35 heavy (non-hydrogen) atoms. The van der Waals surface area contributed by atoms with Gasteiger partial charge in [-0.2, -0.15) is 0 Å². The number of para-hydroxylation sites is 1. The van der Waals surface area contributed by atoms with Crippen LogP contribution in [0, 0.1) is 0 Å². The predicted molar refractivity (Wildman–Crippen MR) is 143 cm³/mol. The second kappa shape index (κ2) is 9.58. The van der Waals surface area contributed by atoms with E-state index in [1.165, 1.54) is 0 Å². The maximum atomic E-state index is 12.9. The quantitative estimate of drug-likeness (QED) is 0.242. The lowest BCUT2D eigenvalue weighted by atomic mass is 10.0. The number of anilines is 2. The standard InChI is InChI=1S/C27H18ClN3O3S/c28-22-12-5-9-19-20(22)10-4-11-21(19)25(32)31-27(35)30-18-8-3-7-17(15-18)29-26(33)24-14-16-6-1-2-13-23(16)34-24/h1-15H,(H,29,33)(H2,30,31,32,35). The highest BCUT2D eigenvalue weighted by Crippen LogP contribution is 2.26. The predicted octanol–water partition coefficient (Wildman–Crippen LogP) is 6.62. The molecule has 0 saturated heterocycles. The van der Waals surface area contributed by atoms with Crippen molar-refractivity contribution >= 4 is 73.9 Å². The van der Waals surface area contributed by atoms with Gasteiger partial charge in [0.1, 0.15) is 5.58 Å². The van der Waals surface area contributed by atoms with Gasteiger partial charge in [0, 0.05) is 32.7 Å². The molecule has 0 fully saturated rings. The summed E-state index contributed by atoms with van der Waals surface area (Å²) < 4.78 is 5.62. The number of carbonyl (C=O) groups is 2. The van der Waals surface area contributed by atoms with E-state index in [0.717, 1.165) is 16.2 Å². The summed E-state index contributed by atoms with van der Waals surface area (Å²) in [7, 11) is 0. The Kier molecular flexibility index (Phi) is 6.18. The van der Waals surface area contributed by atoms with Gasteiger partial charge >= 0.3 is 0 Å². The van der Waals surface area contributed by atoms with Crippen LogP contribution < -0.4 is 16.0 Å². The van der Waals surface area contributed by atoms with Crippen LogP contribution >= 0.6 is 23.8 Å². The number of nitrogens with one attached hydrogen (secondary N) is 3. The average molecular weight is 500 g/mol. The third-order valence-electron chi connectivity index (χ3n) is 5.37. The fraction of sp³-hybridized carbons (Fsp3) is 0. The molecule has 0 aliphatic heterocycles. The minimum atomic E-state index is -0.371. The van der Waals surface area contributed by atoms with E-state index < -0.39 is 0 Å². The second-order valence-electron chi connectivity index (χ2n) is 7.73. The van der Waals surface area contributed by atoms with Crippen molar-refractivity contribution in [2.24, 2.45) is 0 Å². The van der Waals surface area contributed by atoms with E-state index in [9.17, 15) is 9.59 Å². The molecular weight excluding hydrogens is 482 g/mol. The topological polar surface area (TPSA) is 83.4 Å². The van der Waals surface area contributed by atoms with E-state index in [0.29, 0.717) is 27.5 Å². The molecule has 0 saturated carbocycles. The molecule has 0 aliphatic carbocycles. The summed E-state index contributed by atoms with van der Waals surface area (Å²) in [5, 5.41) is 11.5. The van der Waals surface area contributed by atoms with Crippen LogP contribution in [0.15, 0.2) is 95.4 Å². The van der Waals surface area contributed by atoms with Gasteiger partial charge in [0.05, 0.1) is 0 Å². The lowest BCUT2D eigenvalue weighted by molar-refractivity contribution is 0.0976. The number of amides is 2. The molecule has 0 radical (unpaired) electrons. The number of fused-ring (bicyclic) bond motifs is 2. The average Bonchev–Trinajstić information content (AvgIpc) is 3.29. The van der Waals surface area contributed by atoms with Crippen molar-refractivity contribution in [2.45, 2.75) is 0 Å². The largest absolute Gasteiger partial charge is 0.451 e. The highest BCUT2D eigenvalue weighted by molar-refractivity contribution is 7.80. The van der Waals surface area contributed by atoms with Gasteiger partial charge in [0.25, 0.3) is 11.8 Å². The normalized spacial score (nSPS) is 10.8. The molecular formula is C27H18ClN3O3S. The zero-order valence-electron chi connectivity index (χ0n) is 18.2. The molecule has 4 aromatic carbocycles. The van der Waals surface area contributed by atoms with Crippen molar-refractivity contribution in [2.75, 3.05) is 10.6 Å². The van der Waals surface area contributed by atoms with E-state index in [1.807, 2.05) is 30.3 Å². The minimum absolute atomic E-state index is 0.120.